The molecule has 0 heterocycles. The number of carboxylic acids is 1. The fourth-order valence-electron chi connectivity index (χ4n) is 1.35. The zero-order valence-corrected chi connectivity index (χ0v) is 11.8. The van der Waals surface area contributed by atoms with Crippen LogP contribution in [0.4, 0.5) is 14.5 Å². The highest BCUT2D eigenvalue weighted by Gasteiger charge is 2.13. The van der Waals surface area contributed by atoms with Gasteiger partial charge in [0.1, 0.15) is 11.5 Å². The van der Waals surface area contributed by atoms with Gasteiger partial charge in [0.05, 0.1) is 24.3 Å². The Bertz CT molecular complexity index is 512. The number of aliphatic carboxylic acids is 1. The van der Waals surface area contributed by atoms with Gasteiger partial charge in [-0.25, -0.2) is 0 Å². The first kappa shape index (κ1) is 17.0. The van der Waals surface area contributed by atoms with Crippen molar-refractivity contribution in [2.45, 2.75) is 6.61 Å². The maximum absolute atomic E-state index is 12.3. The van der Waals surface area contributed by atoms with Gasteiger partial charge in [-0.1, -0.05) is 0 Å². The van der Waals surface area contributed by atoms with E-state index in [1.165, 1.54) is 25.3 Å². The van der Waals surface area contributed by atoms with E-state index in [1.807, 2.05) is 0 Å². The molecule has 0 saturated carbocycles. The number of methoxy groups -OCH3 is 1. The fourth-order valence-corrected chi connectivity index (χ4v) is 1.88. The molecule has 0 fully saturated rings. The molecule has 0 bridgehead atoms. The van der Waals surface area contributed by atoms with Crippen molar-refractivity contribution in [2.24, 2.45) is 0 Å². The number of nitrogens with one attached hydrogen (secondary N) is 1. The normalized spacial score (nSPS) is 10.3. The Morgan fingerprint density at radius 2 is 2.10 bits per heavy atom. The van der Waals surface area contributed by atoms with Crippen LogP contribution in [-0.2, 0) is 9.59 Å². The Balaban J connectivity index is 2.74. The third-order valence-electron chi connectivity index (χ3n) is 2.14. The molecule has 1 rings (SSSR count). The number of hydrogen-bond donors (Lipinski definition) is 2. The lowest BCUT2D eigenvalue weighted by Crippen LogP contribution is -2.16. The third kappa shape index (κ3) is 6.30. The quantitative estimate of drug-likeness (QED) is 0.762. The van der Waals surface area contributed by atoms with Crippen molar-refractivity contribution in [3.05, 3.63) is 18.2 Å². The molecule has 0 spiro atoms. The van der Waals surface area contributed by atoms with Gasteiger partial charge >= 0.3 is 12.6 Å². The molecule has 116 valence electrons. The van der Waals surface area contributed by atoms with Crippen LogP contribution in [0.5, 0.6) is 11.5 Å². The predicted octanol–water partition coefficient (Wildman–Crippen LogP) is 2.05. The molecule has 1 aromatic rings. The summed E-state index contributed by atoms with van der Waals surface area (Å²) in [6.07, 6.45) is 0. The van der Waals surface area contributed by atoms with E-state index in [0.717, 1.165) is 11.8 Å². The summed E-state index contributed by atoms with van der Waals surface area (Å²) < 4.78 is 33.8. The van der Waals surface area contributed by atoms with E-state index < -0.39 is 18.5 Å². The van der Waals surface area contributed by atoms with E-state index in [-0.39, 0.29) is 22.9 Å². The number of benzene rings is 1. The number of carbonyl (C=O) groups is 2. The number of thioether (sulfide) groups is 1. The Morgan fingerprint density at radius 3 is 2.67 bits per heavy atom. The summed E-state index contributed by atoms with van der Waals surface area (Å²) in [5, 5.41) is 10.8. The second-order valence-corrected chi connectivity index (χ2v) is 4.66. The summed E-state index contributed by atoms with van der Waals surface area (Å²) in [5.41, 5.74) is 0.0237. The Labute approximate surface area is 123 Å². The van der Waals surface area contributed by atoms with Crippen molar-refractivity contribution in [3.63, 3.8) is 0 Å². The van der Waals surface area contributed by atoms with Gasteiger partial charge in [0.15, 0.2) is 0 Å². The average molecular weight is 321 g/mol. The molecular formula is C12H13F2NO5S. The summed E-state index contributed by atoms with van der Waals surface area (Å²) in [5.74, 6) is -1.79. The number of anilines is 1. The first-order valence-electron chi connectivity index (χ1n) is 5.64. The van der Waals surface area contributed by atoms with Crippen LogP contribution in [0, 0.1) is 0 Å². The molecular weight excluding hydrogens is 308 g/mol. The SMILES string of the molecule is COc1ccc(OC(F)F)c(NC(=O)CSCC(=O)O)c1. The molecule has 0 atom stereocenters. The fraction of sp³-hybridized carbons (Fsp3) is 0.333. The highest BCUT2D eigenvalue weighted by molar-refractivity contribution is 8.00. The van der Waals surface area contributed by atoms with E-state index >= 15 is 0 Å². The maximum Gasteiger partial charge on any atom is 0.387 e. The van der Waals surface area contributed by atoms with Gasteiger partial charge in [-0.2, -0.15) is 8.78 Å². The molecule has 1 aromatic carbocycles. The van der Waals surface area contributed by atoms with Crippen LogP contribution in [-0.4, -0.2) is 42.2 Å². The molecule has 0 unspecified atom stereocenters. The zero-order valence-electron chi connectivity index (χ0n) is 11.0. The number of amides is 1. The molecule has 1 amide bonds. The minimum Gasteiger partial charge on any atom is -0.497 e. The predicted molar refractivity (Wildman–Crippen MR) is 73.2 cm³/mol. The van der Waals surface area contributed by atoms with E-state index in [4.69, 9.17) is 9.84 Å². The largest absolute Gasteiger partial charge is 0.497 e. The van der Waals surface area contributed by atoms with Gasteiger partial charge in [0.25, 0.3) is 0 Å². The maximum atomic E-state index is 12.3. The lowest BCUT2D eigenvalue weighted by atomic mass is 10.2. The highest BCUT2D eigenvalue weighted by Crippen LogP contribution is 2.30. The molecule has 0 saturated heterocycles. The van der Waals surface area contributed by atoms with Gasteiger partial charge in [-0.15, -0.1) is 11.8 Å². The molecule has 0 radical (unpaired) electrons. The van der Waals surface area contributed by atoms with Crippen molar-refractivity contribution in [3.8, 4) is 11.5 Å². The standard InChI is InChI=1S/C12H13F2NO5S/c1-19-7-2-3-9(20-12(13)14)8(4-7)15-10(16)5-21-6-11(17)18/h2-4,12H,5-6H2,1H3,(H,15,16)(H,17,18). The van der Waals surface area contributed by atoms with Crippen molar-refractivity contribution in [1.29, 1.82) is 0 Å². The minimum atomic E-state index is -3.03. The van der Waals surface area contributed by atoms with Gasteiger partial charge in [0.2, 0.25) is 5.91 Å². The number of hydrogen-bond acceptors (Lipinski definition) is 5. The summed E-state index contributed by atoms with van der Waals surface area (Å²) >= 11 is 0.887. The van der Waals surface area contributed by atoms with Gasteiger partial charge in [-0.3, -0.25) is 9.59 Å². The van der Waals surface area contributed by atoms with E-state index in [0.29, 0.717) is 5.75 Å². The second kappa shape index (κ2) is 8.30. The molecule has 2 N–H and O–H groups in total. The van der Waals surface area contributed by atoms with Crippen LogP contribution in [0.15, 0.2) is 18.2 Å². The van der Waals surface area contributed by atoms with Gasteiger partial charge in [0, 0.05) is 6.07 Å². The van der Waals surface area contributed by atoms with Crippen LogP contribution >= 0.6 is 11.8 Å². The van der Waals surface area contributed by atoms with Crippen molar-refractivity contribution >= 4 is 29.3 Å². The first-order chi connectivity index (χ1) is 9.92. The number of carbonyl (C=O) groups excluding carboxylic acids is 1. The number of alkyl halides is 2. The molecule has 6 nitrogen and oxygen atoms in total. The van der Waals surface area contributed by atoms with Crippen LogP contribution in [0.3, 0.4) is 0 Å². The monoisotopic (exact) mass is 321 g/mol. The summed E-state index contributed by atoms with van der Waals surface area (Å²) in [6.45, 7) is -3.03. The smallest absolute Gasteiger partial charge is 0.387 e. The number of carboxylic acid groups (broad SMARTS) is 1. The van der Waals surface area contributed by atoms with Crippen LogP contribution in [0.25, 0.3) is 0 Å². The summed E-state index contributed by atoms with van der Waals surface area (Å²) in [7, 11) is 1.39. The molecule has 21 heavy (non-hydrogen) atoms. The molecule has 0 aliphatic carbocycles. The third-order valence-corrected chi connectivity index (χ3v) is 3.05. The summed E-state index contributed by atoms with van der Waals surface area (Å²) in [6, 6.07) is 3.98. The number of ether oxygens (including phenoxy) is 2. The van der Waals surface area contributed by atoms with Crippen molar-refractivity contribution in [2.75, 3.05) is 23.9 Å². The Morgan fingerprint density at radius 1 is 1.38 bits per heavy atom. The minimum absolute atomic E-state index is 0.0237. The van der Waals surface area contributed by atoms with Crippen LogP contribution in [0.1, 0.15) is 0 Å². The van der Waals surface area contributed by atoms with E-state index in [9.17, 15) is 18.4 Å². The molecule has 9 heteroatoms. The van der Waals surface area contributed by atoms with Crippen LogP contribution in [0.2, 0.25) is 0 Å². The van der Waals surface area contributed by atoms with Crippen molar-refractivity contribution in [1.82, 2.24) is 0 Å². The van der Waals surface area contributed by atoms with Crippen LogP contribution < -0.4 is 14.8 Å². The Hall–Kier alpha value is -2.03. The van der Waals surface area contributed by atoms with Crippen molar-refractivity contribution < 1.29 is 33.0 Å². The molecule has 0 aromatic heterocycles. The summed E-state index contributed by atoms with van der Waals surface area (Å²) in [4.78, 5) is 21.9. The number of halogens is 2. The van der Waals surface area contributed by atoms with Gasteiger partial charge in [-0.05, 0) is 12.1 Å². The van der Waals surface area contributed by atoms with Gasteiger partial charge < -0.3 is 19.9 Å². The first-order valence-corrected chi connectivity index (χ1v) is 6.80. The topological polar surface area (TPSA) is 84.9 Å². The van der Waals surface area contributed by atoms with E-state index in [2.05, 4.69) is 10.1 Å². The highest BCUT2D eigenvalue weighted by atomic mass is 32.2. The Kier molecular flexibility index (Phi) is 6.73. The number of rotatable bonds is 8. The zero-order chi connectivity index (χ0) is 15.8. The lowest BCUT2D eigenvalue weighted by Gasteiger charge is -2.13. The average Bonchev–Trinajstić information content (AvgIpc) is 2.39. The second-order valence-electron chi connectivity index (χ2n) is 3.68. The molecule has 0 aliphatic rings. The lowest BCUT2D eigenvalue weighted by molar-refractivity contribution is -0.133. The van der Waals surface area contributed by atoms with E-state index in [1.54, 1.807) is 0 Å². The molecule has 0 aliphatic heterocycles.